The molecular formula is C34H44O15. The van der Waals surface area contributed by atoms with E-state index in [0.29, 0.717) is 0 Å². The predicted octanol–water partition coefficient (Wildman–Crippen LogP) is -0.832. The molecule has 3 aliphatic heterocycles. The third-order valence-electron chi connectivity index (χ3n) is 14.9. The molecule has 0 aromatic rings. The van der Waals surface area contributed by atoms with Gasteiger partial charge in [-0.25, -0.2) is 4.79 Å². The van der Waals surface area contributed by atoms with Crippen LogP contribution in [0.25, 0.3) is 0 Å². The topological polar surface area (TPSA) is 228 Å². The minimum Gasteiger partial charge on any atom is -0.459 e. The van der Waals surface area contributed by atoms with Gasteiger partial charge in [0.15, 0.2) is 11.4 Å². The maximum absolute atomic E-state index is 14.5. The van der Waals surface area contributed by atoms with Gasteiger partial charge < -0.3 is 48.8 Å². The summed E-state index contributed by atoms with van der Waals surface area (Å²) < 4.78 is 35.7. The first-order chi connectivity index (χ1) is 22.6. The molecule has 0 aromatic heterocycles. The highest BCUT2D eigenvalue weighted by Gasteiger charge is 2.93. The van der Waals surface area contributed by atoms with Gasteiger partial charge in [0, 0.05) is 56.3 Å². The number of rotatable bonds is 3. The van der Waals surface area contributed by atoms with Gasteiger partial charge in [-0.1, -0.05) is 20.8 Å². The van der Waals surface area contributed by atoms with Crippen LogP contribution in [-0.2, 0) is 52.4 Å². The Labute approximate surface area is 281 Å². The first-order valence-electron chi connectivity index (χ1n) is 17.0. The summed E-state index contributed by atoms with van der Waals surface area (Å²) in [6, 6.07) is 0. The average molecular weight is 693 g/mol. The van der Waals surface area contributed by atoms with Gasteiger partial charge in [-0.05, 0) is 25.7 Å². The summed E-state index contributed by atoms with van der Waals surface area (Å²) in [6.07, 6.45) is -9.85. The molecule has 1 spiro atoms. The fraction of sp³-hybridized carbons (Fsp3) is 0.853. The van der Waals surface area contributed by atoms with Crippen molar-refractivity contribution in [2.24, 2.45) is 51.8 Å². The monoisotopic (exact) mass is 692 g/mol. The van der Waals surface area contributed by atoms with Crippen molar-refractivity contribution in [3.05, 3.63) is 0 Å². The van der Waals surface area contributed by atoms with Crippen molar-refractivity contribution >= 4 is 29.7 Å². The average Bonchev–Trinajstić information content (AvgIpc) is 3.89. The quantitative estimate of drug-likeness (QED) is 0.161. The lowest BCUT2D eigenvalue weighted by molar-refractivity contribution is -0.297. The molecule has 8 rings (SSSR count). The third kappa shape index (κ3) is 3.43. The van der Waals surface area contributed by atoms with Crippen LogP contribution in [0.5, 0.6) is 0 Å². The fourth-order valence-corrected chi connectivity index (χ4v) is 12.9. The highest BCUT2D eigenvalue weighted by Crippen LogP contribution is 2.80. The molecule has 0 bridgehead atoms. The first kappa shape index (κ1) is 33.5. The molecule has 5 saturated carbocycles. The Bertz CT molecular complexity index is 1590. The van der Waals surface area contributed by atoms with E-state index in [1.165, 1.54) is 27.7 Å². The number of hydrogen-bond donors (Lipinski definition) is 4. The van der Waals surface area contributed by atoms with E-state index in [9.17, 15) is 44.4 Å². The zero-order valence-electron chi connectivity index (χ0n) is 28.6. The van der Waals surface area contributed by atoms with Gasteiger partial charge in [0.1, 0.15) is 42.2 Å². The van der Waals surface area contributed by atoms with E-state index in [1.807, 2.05) is 6.92 Å². The van der Waals surface area contributed by atoms with Crippen molar-refractivity contribution in [2.75, 3.05) is 0 Å². The Morgan fingerprint density at radius 1 is 0.837 bits per heavy atom. The van der Waals surface area contributed by atoms with Crippen molar-refractivity contribution in [1.29, 1.82) is 0 Å². The van der Waals surface area contributed by atoms with E-state index in [0.717, 1.165) is 6.92 Å². The molecule has 4 N–H and O–H groups in total. The molecule has 15 nitrogen and oxygen atoms in total. The van der Waals surface area contributed by atoms with Gasteiger partial charge in [-0.3, -0.25) is 19.2 Å². The van der Waals surface area contributed by atoms with Crippen LogP contribution in [-0.4, -0.2) is 116 Å². The molecular weight excluding hydrogens is 648 g/mol. The summed E-state index contributed by atoms with van der Waals surface area (Å²) in [5, 5.41) is 49.2. The summed E-state index contributed by atoms with van der Waals surface area (Å²) in [5.74, 6) is -11.6. The van der Waals surface area contributed by atoms with Gasteiger partial charge in [-0.2, -0.15) is 0 Å². The van der Waals surface area contributed by atoms with Crippen LogP contribution in [0.1, 0.15) is 61.8 Å². The van der Waals surface area contributed by atoms with E-state index in [1.54, 1.807) is 13.8 Å². The van der Waals surface area contributed by atoms with E-state index in [2.05, 4.69) is 0 Å². The Hall–Kier alpha value is -2.69. The summed E-state index contributed by atoms with van der Waals surface area (Å²) in [4.78, 5) is 66.3. The lowest BCUT2D eigenvalue weighted by Gasteiger charge is -2.67. The Balaban J connectivity index is 1.40. The number of ether oxygens (including phenoxy) is 6. The van der Waals surface area contributed by atoms with Gasteiger partial charge in [-0.15, -0.1) is 0 Å². The zero-order valence-corrected chi connectivity index (χ0v) is 28.6. The highest BCUT2D eigenvalue weighted by molar-refractivity contribution is 5.94. The number of hydrogen-bond acceptors (Lipinski definition) is 15. The summed E-state index contributed by atoms with van der Waals surface area (Å²) in [5.41, 5.74) is -9.29. The largest absolute Gasteiger partial charge is 0.459 e. The van der Waals surface area contributed by atoms with Crippen molar-refractivity contribution < 1.29 is 72.8 Å². The zero-order chi connectivity index (χ0) is 35.9. The number of aliphatic hydroxyl groups is 4. The molecule has 270 valence electrons. The standard InChI is InChI=1S/C34H44O15/c1-10-16-19(31(7)32(8,42)28(41)49-34(31)25(10)48-34)21(39)17-15-18(23(44-11(2)35)26(29(16,17)5)45-12(3)36)30(6)27(46-13(4)37)22-14(47-22)9-33(30,43)24(40)20(15)38/h10,14-23,25-27,38-39,42-43H,9H2,1-8H3/t10-,14-,15?,16-,17+,18?,19-,20+,21+,22-,23-,25+,26-,27-,29+,30-,31-,32+,33-,34-/m0/s1. The van der Waals surface area contributed by atoms with E-state index < -0.39 is 147 Å². The van der Waals surface area contributed by atoms with Crippen LogP contribution in [0.4, 0.5) is 0 Å². The fourth-order valence-electron chi connectivity index (χ4n) is 12.9. The molecule has 5 aliphatic carbocycles. The SMILES string of the molecule is CC(=O)O[C@H]1C2C([C@@H]3[C@@H](O)[C@@H]4[C@H]([C@H](C)[C@H]5O[C@]56OC(=O)[C@@](C)(O)[C@]46C)[C@@]3(C)[C@H]1OC(C)=O)[C@@H](O)C(=O)[C@@]1(O)C[C@@H]3O[C@@H]3[C@H](OC(C)=O)[C@]21C. The number of carbonyl (C=O) groups excluding carboxylic acids is 5. The minimum absolute atomic E-state index is 0.245. The molecule has 8 aliphatic rings. The van der Waals surface area contributed by atoms with Crippen LogP contribution < -0.4 is 0 Å². The molecule has 20 atom stereocenters. The molecule has 0 amide bonds. The molecule has 15 heteroatoms. The van der Waals surface area contributed by atoms with Crippen molar-refractivity contribution in [1.82, 2.24) is 0 Å². The lowest BCUT2D eigenvalue weighted by atomic mass is 9.39. The first-order valence-corrected chi connectivity index (χ1v) is 17.0. The summed E-state index contributed by atoms with van der Waals surface area (Å²) in [6.45, 7) is 11.5. The van der Waals surface area contributed by atoms with E-state index in [4.69, 9.17) is 28.4 Å². The number of Topliss-reactive ketones (excluding diaryl/α,β-unsaturated/α-hetero) is 1. The summed E-state index contributed by atoms with van der Waals surface area (Å²) >= 11 is 0. The predicted molar refractivity (Wildman–Crippen MR) is 157 cm³/mol. The van der Waals surface area contributed by atoms with E-state index in [-0.39, 0.29) is 6.42 Å². The normalized spacial score (nSPS) is 60.2. The van der Waals surface area contributed by atoms with Crippen molar-refractivity contribution in [3.8, 4) is 0 Å². The van der Waals surface area contributed by atoms with Crippen molar-refractivity contribution in [2.45, 2.75) is 128 Å². The second-order valence-electron chi connectivity index (χ2n) is 16.7. The number of epoxide rings is 2. The minimum atomic E-state index is -2.36. The molecule has 8 fully saturated rings. The van der Waals surface area contributed by atoms with Gasteiger partial charge >= 0.3 is 23.9 Å². The number of aliphatic hydroxyl groups excluding tert-OH is 2. The number of fused-ring (bicyclic) bond motifs is 9. The smallest absolute Gasteiger partial charge is 0.341 e. The van der Waals surface area contributed by atoms with Gasteiger partial charge in [0.2, 0.25) is 5.79 Å². The maximum atomic E-state index is 14.5. The van der Waals surface area contributed by atoms with Crippen LogP contribution in [0.15, 0.2) is 0 Å². The van der Waals surface area contributed by atoms with Crippen LogP contribution in [0.3, 0.4) is 0 Å². The molecule has 2 unspecified atom stereocenters. The molecule has 3 heterocycles. The van der Waals surface area contributed by atoms with E-state index >= 15 is 0 Å². The van der Waals surface area contributed by atoms with Crippen LogP contribution >= 0.6 is 0 Å². The Morgan fingerprint density at radius 3 is 2.02 bits per heavy atom. The Morgan fingerprint density at radius 2 is 1.43 bits per heavy atom. The molecule has 3 saturated heterocycles. The van der Waals surface area contributed by atoms with Crippen LogP contribution in [0.2, 0.25) is 0 Å². The number of ketones is 1. The van der Waals surface area contributed by atoms with Crippen molar-refractivity contribution in [3.63, 3.8) is 0 Å². The molecule has 49 heavy (non-hydrogen) atoms. The Kier molecular flexibility index (Phi) is 6.41. The highest BCUT2D eigenvalue weighted by atomic mass is 16.8. The number of esters is 4. The summed E-state index contributed by atoms with van der Waals surface area (Å²) in [7, 11) is 0. The molecule has 0 radical (unpaired) electrons. The lowest BCUT2D eigenvalue weighted by Crippen LogP contribution is -2.80. The second-order valence-corrected chi connectivity index (χ2v) is 16.7. The second kappa shape index (κ2) is 9.39. The molecule has 0 aromatic carbocycles. The van der Waals surface area contributed by atoms with Crippen LogP contribution in [0, 0.1) is 51.8 Å². The maximum Gasteiger partial charge on any atom is 0.341 e. The van der Waals surface area contributed by atoms with Gasteiger partial charge in [0.25, 0.3) is 0 Å². The number of carbonyl (C=O) groups is 5. The van der Waals surface area contributed by atoms with Gasteiger partial charge in [0.05, 0.1) is 23.0 Å². The third-order valence-corrected chi connectivity index (χ3v) is 14.9.